The summed E-state index contributed by atoms with van der Waals surface area (Å²) in [6.45, 7) is 7.45. The molecule has 2 rings (SSSR count). The topological polar surface area (TPSA) is 9.23 Å². The van der Waals surface area contributed by atoms with E-state index in [0.717, 1.165) is 18.3 Å². The molecule has 0 saturated carbocycles. The molecule has 1 aliphatic rings. The molecule has 0 amide bonds. The monoisotopic (exact) mass is 356 g/mol. The van der Waals surface area contributed by atoms with Gasteiger partial charge in [0.2, 0.25) is 0 Å². The van der Waals surface area contributed by atoms with E-state index in [1.165, 1.54) is 76.2 Å². The lowest BCUT2D eigenvalue weighted by Crippen LogP contribution is -2.15. The highest BCUT2D eigenvalue weighted by Gasteiger charge is 2.24. The second-order valence-corrected chi connectivity index (χ2v) is 7.97. The number of benzene rings is 1. The fourth-order valence-electron chi connectivity index (χ4n) is 4.48. The van der Waals surface area contributed by atoms with Crippen LogP contribution in [0.25, 0.3) is 0 Å². The van der Waals surface area contributed by atoms with E-state index in [1.807, 2.05) is 0 Å². The van der Waals surface area contributed by atoms with Gasteiger partial charge in [-0.05, 0) is 75.0 Å². The lowest BCUT2D eigenvalue weighted by molar-refractivity contribution is 0.337. The largest absolute Gasteiger partial charge is 0.494 e. The maximum absolute atomic E-state index is 5.67. The van der Waals surface area contributed by atoms with Gasteiger partial charge in [0.1, 0.15) is 5.75 Å². The molecule has 0 radical (unpaired) electrons. The van der Waals surface area contributed by atoms with Crippen molar-refractivity contribution in [2.45, 2.75) is 97.3 Å². The summed E-state index contributed by atoms with van der Waals surface area (Å²) >= 11 is 0. The molecule has 2 atom stereocenters. The second kappa shape index (κ2) is 12.2. The number of hydrogen-bond acceptors (Lipinski definition) is 1. The van der Waals surface area contributed by atoms with Gasteiger partial charge < -0.3 is 4.74 Å². The molecule has 0 aliphatic heterocycles. The number of unbranched alkanes of at least 4 members (excludes halogenated alkanes) is 2. The zero-order valence-electron chi connectivity index (χ0n) is 17.4. The molecular weight excluding hydrogens is 316 g/mol. The highest BCUT2D eigenvalue weighted by Crippen LogP contribution is 2.39. The average Bonchev–Trinajstić information content (AvgIpc) is 2.68. The first-order valence-electron chi connectivity index (χ1n) is 11.2. The van der Waals surface area contributed by atoms with Crippen molar-refractivity contribution >= 4 is 0 Å². The van der Waals surface area contributed by atoms with Gasteiger partial charge in [0.15, 0.2) is 0 Å². The Labute approximate surface area is 162 Å². The zero-order chi connectivity index (χ0) is 18.6. The SMILES string of the molecule is CCCCCC(CCC)C(CC1=CCCCC1)c1ccc(OCC)cc1. The van der Waals surface area contributed by atoms with E-state index in [-0.39, 0.29) is 0 Å². The molecule has 26 heavy (non-hydrogen) atoms. The van der Waals surface area contributed by atoms with Crippen LogP contribution in [0.1, 0.15) is 103 Å². The van der Waals surface area contributed by atoms with Gasteiger partial charge in [-0.1, -0.05) is 69.7 Å². The Morgan fingerprint density at radius 2 is 1.73 bits per heavy atom. The normalized spacial score (nSPS) is 16.8. The smallest absolute Gasteiger partial charge is 0.119 e. The van der Waals surface area contributed by atoms with Crippen molar-refractivity contribution in [3.8, 4) is 5.75 Å². The molecule has 1 heteroatoms. The van der Waals surface area contributed by atoms with E-state index in [2.05, 4.69) is 51.1 Å². The molecule has 0 fully saturated rings. The maximum Gasteiger partial charge on any atom is 0.119 e. The van der Waals surface area contributed by atoms with Crippen molar-refractivity contribution in [2.24, 2.45) is 5.92 Å². The molecule has 0 heterocycles. The van der Waals surface area contributed by atoms with E-state index >= 15 is 0 Å². The van der Waals surface area contributed by atoms with Gasteiger partial charge in [-0.2, -0.15) is 0 Å². The summed E-state index contributed by atoms with van der Waals surface area (Å²) < 4.78 is 5.67. The minimum atomic E-state index is 0.673. The number of allylic oxidation sites excluding steroid dienone is 2. The quantitative estimate of drug-likeness (QED) is 0.272. The first-order chi connectivity index (χ1) is 12.8. The minimum Gasteiger partial charge on any atom is -0.494 e. The van der Waals surface area contributed by atoms with Crippen molar-refractivity contribution in [1.82, 2.24) is 0 Å². The van der Waals surface area contributed by atoms with Crippen molar-refractivity contribution in [1.29, 1.82) is 0 Å². The highest BCUT2D eigenvalue weighted by molar-refractivity contribution is 5.31. The third kappa shape index (κ3) is 6.82. The molecule has 1 nitrogen and oxygen atoms in total. The Bertz CT molecular complexity index is 513. The maximum atomic E-state index is 5.67. The van der Waals surface area contributed by atoms with Crippen LogP contribution in [0.15, 0.2) is 35.9 Å². The Hall–Kier alpha value is -1.24. The van der Waals surface area contributed by atoms with E-state index in [1.54, 1.807) is 5.57 Å². The average molecular weight is 357 g/mol. The van der Waals surface area contributed by atoms with Gasteiger partial charge in [-0.3, -0.25) is 0 Å². The van der Waals surface area contributed by atoms with E-state index in [4.69, 9.17) is 4.74 Å². The van der Waals surface area contributed by atoms with Crippen molar-refractivity contribution < 1.29 is 4.74 Å². The van der Waals surface area contributed by atoms with Gasteiger partial charge in [-0.15, -0.1) is 0 Å². The summed E-state index contributed by atoms with van der Waals surface area (Å²) in [5.74, 6) is 2.49. The van der Waals surface area contributed by atoms with Crippen molar-refractivity contribution in [2.75, 3.05) is 6.61 Å². The van der Waals surface area contributed by atoms with Gasteiger partial charge in [0.05, 0.1) is 6.61 Å². The summed E-state index contributed by atoms with van der Waals surface area (Å²) in [7, 11) is 0. The molecule has 0 spiro atoms. The summed E-state index contributed by atoms with van der Waals surface area (Å²) in [6, 6.07) is 9.02. The van der Waals surface area contributed by atoms with Gasteiger partial charge in [0.25, 0.3) is 0 Å². The predicted molar refractivity (Wildman–Crippen MR) is 114 cm³/mol. The summed E-state index contributed by atoms with van der Waals surface area (Å²) in [4.78, 5) is 0. The van der Waals surface area contributed by atoms with Crippen molar-refractivity contribution in [3.63, 3.8) is 0 Å². The molecule has 0 bridgehead atoms. The summed E-state index contributed by atoms with van der Waals surface area (Å²) in [6.07, 6.45) is 17.3. The van der Waals surface area contributed by atoms with Gasteiger partial charge in [-0.25, -0.2) is 0 Å². The second-order valence-electron chi connectivity index (χ2n) is 7.97. The lowest BCUT2D eigenvalue weighted by atomic mass is 9.75. The molecular formula is C25H40O. The standard InChI is InChI=1S/C25H40O/c1-4-7-9-15-22(12-5-2)25(20-21-13-10-8-11-14-21)23-16-18-24(19-17-23)26-6-3/h13,16-19,22,25H,4-12,14-15,20H2,1-3H3. The highest BCUT2D eigenvalue weighted by atomic mass is 16.5. The van der Waals surface area contributed by atoms with Gasteiger partial charge in [0, 0.05) is 0 Å². The summed E-state index contributed by atoms with van der Waals surface area (Å²) in [5, 5.41) is 0. The van der Waals surface area contributed by atoms with Crippen molar-refractivity contribution in [3.05, 3.63) is 41.5 Å². The predicted octanol–water partition coefficient (Wildman–Crippen LogP) is 8.06. The molecule has 2 unspecified atom stereocenters. The van der Waals surface area contributed by atoms with Crippen LogP contribution in [-0.2, 0) is 0 Å². The molecule has 1 aliphatic carbocycles. The fraction of sp³-hybridized carbons (Fsp3) is 0.680. The molecule has 1 aromatic rings. The molecule has 0 saturated heterocycles. The minimum absolute atomic E-state index is 0.673. The molecule has 0 aromatic heterocycles. The third-order valence-corrected chi connectivity index (χ3v) is 5.89. The van der Waals surface area contributed by atoms with Crippen LogP contribution in [-0.4, -0.2) is 6.61 Å². The van der Waals surface area contributed by atoms with E-state index in [9.17, 15) is 0 Å². The first kappa shape index (κ1) is 21.1. The van der Waals surface area contributed by atoms with Crippen LogP contribution in [0, 0.1) is 5.92 Å². The Balaban J connectivity index is 2.18. The van der Waals surface area contributed by atoms with Crippen LogP contribution in [0.5, 0.6) is 5.75 Å². The zero-order valence-corrected chi connectivity index (χ0v) is 17.4. The van der Waals surface area contributed by atoms with Crippen LogP contribution in [0.2, 0.25) is 0 Å². The number of rotatable bonds is 12. The Morgan fingerprint density at radius 1 is 0.923 bits per heavy atom. The van der Waals surface area contributed by atoms with E-state index < -0.39 is 0 Å². The number of hydrogen-bond donors (Lipinski definition) is 0. The summed E-state index contributed by atoms with van der Waals surface area (Å²) in [5.41, 5.74) is 3.24. The van der Waals surface area contributed by atoms with Gasteiger partial charge >= 0.3 is 0 Å². The van der Waals surface area contributed by atoms with Crippen LogP contribution >= 0.6 is 0 Å². The van der Waals surface area contributed by atoms with Crippen LogP contribution < -0.4 is 4.74 Å². The fourth-order valence-corrected chi connectivity index (χ4v) is 4.48. The lowest BCUT2D eigenvalue weighted by Gasteiger charge is -2.30. The Kier molecular flexibility index (Phi) is 9.89. The molecule has 1 aromatic carbocycles. The Morgan fingerprint density at radius 3 is 2.35 bits per heavy atom. The van der Waals surface area contributed by atoms with Crippen LogP contribution in [0.3, 0.4) is 0 Å². The molecule has 146 valence electrons. The number of ether oxygens (including phenoxy) is 1. The van der Waals surface area contributed by atoms with Crippen LogP contribution in [0.4, 0.5) is 0 Å². The first-order valence-corrected chi connectivity index (χ1v) is 11.2. The third-order valence-electron chi connectivity index (χ3n) is 5.89. The van der Waals surface area contributed by atoms with E-state index in [0.29, 0.717) is 5.92 Å². The molecule has 0 N–H and O–H groups in total.